The molecule has 17 heteroatoms. The van der Waals surface area contributed by atoms with Crippen LogP contribution in [-0.2, 0) is 16.0 Å². The summed E-state index contributed by atoms with van der Waals surface area (Å²) >= 11 is 2.46. The van der Waals surface area contributed by atoms with Gasteiger partial charge in [-0.1, -0.05) is 61.7 Å². The number of amides is 4. The van der Waals surface area contributed by atoms with E-state index in [4.69, 9.17) is 9.84 Å². The van der Waals surface area contributed by atoms with Crippen molar-refractivity contribution >= 4 is 79.7 Å². The molecule has 5 N–H and O–H groups in total. The molecule has 2 aromatic heterocycles. The summed E-state index contributed by atoms with van der Waals surface area (Å²) in [5.74, 6) is -0.534. The summed E-state index contributed by atoms with van der Waals surface area (Å²) < 4.78 is 9.87. The summed E-state index contributed by atoms with van der Waals surface area (Å²) in [6.45, 7) is 8.84. The molecule has 0 radical (unpaired) electrons. The van der Waals surface area contributed by atoms with Gasteiger partial charge in [-0.25, -0.2) is 14.6 Å². The number of rotatable bonds is 13. The molecular weight excluding hydrogens is 839 g/mol. The number of aliphatic carboxylic acids is 1. The van der Waals surface area contributed by atoms with Crippen LogP contribution in [0.25, 0.3) is 11.4 Å². The lowest BCUT2D eigenvalue weighted by Gasteiger charge is -2.33. The van der Waals surface area contributed by atoms with Crippen LogP contribution in [-0.4, -0.2) is 82.7 Å². The third-order valence-electron chi connectivity index (χ3n) is 11.4. The maximum absolute atomic E-state index is 12.9. The van der Waals surface area contributed by atoms with Crippen LogP contribution in [0.1, 0.15) is 79.9 Å². The molecular formula is C46H55N9O6S2. The fourth-order valence-corrected chi connectivity index (χ4v) is 9.19. The number of carbonyl (C=O) groups is 4. The van der Waals surface area contributed by atoms with Gasteiger partial charge in [0.25, 0.3) is 0 Å². The first-order chi connectivity index (χ1) is 30.6. The van der Waals surface area contributed by atoms with Crippen LogP contribution in [0.15, 0.2) is 72.1 Å². The van der Waals surface area contributed by atoms with Gasteiger partial charge in [-0.2, -0.15) is 9.36 Å². The summed E-state index contributed by atoms with van der Waals surface area (Å²) in [5.41, 5.74) is 6.74. The predicted molar refractivity (Wildman–Crippen MR) is 251 cm³/mol. The predicted octanol–water partition coefficient (Wildman–Crippen LogP) is 9.80. The molecule has 0 spiro atoms. The number of anilines is 6. The molecule has 3 aliphatic rings. The van der Waals surface area contributed by atoms with E-state index in [1.165, 1.54) is 47.8 Å². The van der Waals surface area contributed by atoms with Gasteiger partial charge in [0, 0.05) is 65.8 Å². The number of Topliss-reactive ketones (excluding diaryl/α,β-unsaturated/α-hetero) is 1. The van der Waals surface area contributed by atoms with Crippen molar-refractivity contribution in [1.29, 1.82) is 0 Å². The Bertz CT molecular complexity index is 2340. The molecule has 3 fully saturated rings. The molecule has 4 heterocycles. The largest absolute Gasteiger partial charge is 0.481 e. The average molecular weight is 894 g/mol. The van der Waals surface area contributed by atoms with Crippen molar-refractivity contribution in [3.63, 3.8) is 0 Å². The fraction of sp³-hybridized carbons (Fsp3) is 0.413. The van der Waals surface area contributed by atoms with Crippen LogP contribution >= 0.6 is 22.9 Å². The van der Waals surface area contributed by atoms with Crippen LogP contribution in [0.2, 0.25) is 0 Å². The van der Waals surface area contributed by atoms with E-state index < -0.39 is 17.9 Å². The highest BCUT2D eigenvalue weighted by Gasteiger charge is 2.26. The summed E-state index contributed by atoms with van der Waals surface area (Å²) in [5, 5.41) is 23.0. The average Bonchev–Trinajstić information content (AvgIpc) is 4.11. The van der Waals surface area contributed by atoms with Gasteiger partial charge in [0.05, 0.1) is 41.9 Å². The number of piperidine rings is 1. The minimum atomic E-state index is -0.830. The molecule has 3 aromatic carbocycles. The summed E-state index contributed by atoms with van der Waals surface area (Å²) in [7, 11) is 0. The standard InChI is InChI=1S/C24H28N6O2S.C22H27N3O4S/c31-23(27-24-26-22(28-33-24)18-7-3-1-4-8-18)25-20-10-9-19(29-13-15-32-16-14-29)17-21(20)30-11-5-2-6-12-30;1-13-7-10-18(17(11-13)19(26)15-5-3-4-6-15)24-21(29)25-22-23-16(12-30-22)9-8-14(2)20(27)28/h1,3-4,7-10,17H,2,5-6,11-16H2,(H2,25,26,27,28,31);7,10-12,14-15H,3-6,8-9H2,1-2H3,(H,27,28)(H2,23,24,25,29). The van der Waals surface area contributed by atoms with Crippen LogP contribution < -0.4 is 31.1 Å². The van der Waals surface area contributed by atoms with E-state index in [0.717, 1.165) is 93.3 Å². The number of nitrogens with one attached hydrogen (secondary N) is 4. The number of benzene rings is 3. The second kappa shape index (κ2) is 21.9. The van der Waals surface area contributed by atoms with Gasteiger partial charge >= 0.3 is 18.0 Å². The van der Waals surface area contributed by atoms with Gasteiger partial charge < -0.3 is 30.3 Å². The molecule has 4 amide bonds. The van der Waals surface area contributed by atoms with E-state index in [1.54, 1.807) is 13.0 Å². The lowest BCUT2D eigenvalue weighted by atomic mass is 9.94. The number of aromatic nitrogens is 3. The number of hydrogen-bond donors (Lipinski definition) is 5. The minimum Gasteiger partial charge on any atom is -0.481 e. The lowest BCUT2D eigenvalue weighted by molar-refractivity contribution is -0.141. The van der Waals surface area contributed by atoms with Crippen LogP contribution in [0.5, 0.6) is 0 Å². The molecule has 5 aromatic rings. The topological polar surface area (TPSA) is 191 Å². The molecule has 1 saturated carbocycles. The number of nitrogens with zero attached hydrogens (tertiary/aromatic N) is 5. The zero-order valence-electron chi connectivity index (χ0n) is 35.7. The third-order valence-corrected chi connectivity index (χ3v) is 12.9. The molecule has 2 saturated heterocycles. The molecule has 15 nitrogen and oxygen atoms in total. The van der Waals surface area contributed by atoms with E-state index in [9.17, 15) is 19.2 Å². The highest BCUT2D eigenvalue weighted by atomic mass is 32.1. The molecule has 1 atom stereocenters. The molecule has 1 unspecified atom stereocenters. The number of carboxylic acid groups (broad SMARTS) is 1. The first kappa shape index (κ1) is 45.1. The highest BCUT2D eigenvalue weighted by molar-refractivity contribution is 7.14. The van der Waals surface area contributed by atoms with Crippen LogP contribution in [0.3, 0.4) is 0 Å². The van der Waals surface area contributed by atoms with Crippen LogP contribution in [0.4, 0.5) is 42.6 Å². The van der Waals surface area contributed by atoms with Gasteiger partial charge in [0.1, 0.15) is 0 Å². The molecule has 63 heavy (non-hydrogen) atoms. The number of carbonyl (C=O) groups excluding carboxylic acids is 3. The molecule has 332 valence electrons. The number of carboxylic acids is 1. The van der Waals surface area contributed by atoms with Crippen molar-refractivity contribution in [3.8, 4) is 11.4 Å². The van der Waals surface area contributed by atoms with Gasteiger partial charge in [-0.15, -0.1) is 11.3 Å². The number of urea groups is 2. The van der Waals surface area contributed by atoms with Crippen molar-refractivity contribution in [3.05, 3.63) is 88.9 Å². The van der Waals surface area contributed by atoms with Gasteiger partial charge in [0.2, 0.25) is 5.13 Å². The van der Waals surface area contributed by atoms with E-state index in [1.807, 2.05) is 60.8 Å². The third kappa shape index (κ3) is 12.6. The Balaban J connectivity index is 0.000000190. The quantitative estimate of drug-likeness (QED) is 0.0707. The summed E-state index contributed by atoms with van der Waals surface area (Å²) in [6, 6.07) is 20.7. The van der Waals surface area contributed by atoms with E-state index in [2.05, 4.69) is 57.5 Å². The smallest absolute Gasteiger partial charge is 0.325 e. The van der Waals surface area contributed by atoms with E-state index in [-0.39, 0.29) is 17.7 Å². The summed E-state index contributed by atoms with van der Waals surface area (Å²) in [6.07, 6.45) is 8.56. The Labute approximate surface area is 375 Å². The number of hydrogen-bond acceptors (Lipinski definition) is 12. The Kier molecular flexibility index (Phi) is 15.7. The maximum atomic E-state index is 12.9. The number of thiazole rings is 1. The molecule has 8 rings (SSSR count). The first-order valence-electron chi connectivity index (χ1n) is 21.7. The van der Waals surface area contributed by atoms with Crippen molar-refractivity contribution in [1.82, 2.24) is 14.3 Å². The second-order valence-corrected chi connectivity index (χ2v) is 17.7. The Hall–Kier alpha value is -5.91. The number of ketones is 1. The minimum absolute atomic E-state index is 0.0325. The fourth-order valence-electron chi connectivity index (χ4n) is 7.87. The monoisotopic (exact) mass is 893 g/mol. The Morgan fingerprint density at radius 3 is 2.22 bits per heavy atom. The summed E-state index contributed by atoms with van der Waals surface area (Å²) in [4.78, 5) is 62.7. The first-order valence-corrected chi connectivity index (χ1v) is 23.3. The SMILES string of the molecule is Cc1ccc(NC(=O)Nc2nc(CCC(C)C(=O)O)cs2)c(C(=O)C2CCCC2)c1.O=C(Nc1nc(-c2ccccc2)ns1)Nc1ccc(N2CCOCC2)cc1N1CCCCC1. The van der Waals surface area contributed by atoms with E-state index in [0.29, 0.717) is 40.2 Å². The highest BCUT2D eigenvalue weighted by Crippen LogP contribution is 2.34. The Morgan fingerprint density at radius 1 is 0.794 bits per heavy atom. The molecule has 0 bridgehead atoms. The van der Waals surface area contributed by atoms with Crippen molar-refractivity contribution in [2.24, 2.45) is 11.8 Å². The van der Waals surface area contributed by atoms with Gasteiger partial charge in [-0.05, 0) is 82.2 Å². The Morgan fingerprint density at radius 2 is 1.49 bits per heavy atom. The second-order valence-electron chi connectivity index (χ2n) is 16.1. The lowest BCUT2D eigenvalue weighted by Crippen LogP contribution is -2.36. The molecule has 2 aliphatic heterocycles. The van der Waals surface area contributed by atoms with Crippen LogP contribution in [0, 0.1) is 18.8 Å². The normalized spacial score (nSPS) is 15.8. The molecule has 1 aliphatic carbocycles. The van der Waals surface area contributed by atoms with Gasteiger partial charge in [0.15, 0.2) is 16.7 Å². The van der Waals surface area contributed by atoms with Gasteiger partial charge in [-0.3, -0.25) is 20.2 Å². The number of morpholine rings is 1. The zero-order valence-corrected chi connectivity index (χ0v) is 37.4. The maximum Gasteiger partial charge on any atom is 0.325 e. The van der Waals surface area contributed by atoms with Crippen molar-refractivity contribution in [2.45, 2.75) is 71.6 Å². The van der Waals surface area contributed by atoms with E-state index >= 15 is 0 Å². The van der Waals surface area contributed by atoms with Crippen molar-refractivity contribution in [2.75, 3.05) is 70.5 Å². The number of aryl methyl sites for hydroxylation is 2. The van der Waals surface area contributed by atoms with Crippen molar-refractivity contribution < 1.29 is 29.0 Å². The zero-order chi connectivity index (χ0) is 44.1. The number of ether oxygens (including phenoxy) is 1.